The summed E-state index contributed by atoms with van der Waals surface area (Å²) in [7, 11) is 0. The summed E-state index contributed by atoms with van der Waals surface area (Å²) in [6.07, 6.45) is 5.45. The molecular weight excluding hydrogens is 188 g/mol. The van der Waals surface area contributed by atoms with Crippen molar-refractivity contribution in [3.8, 4) is 0 Å². The molecule has 0 aromatic rings. The third kappa shape index (κ3) is 5.53. The summed E-state index contributed by atoms with van der Waals surface area (Å²) in [4.78, 5) is 0. The SMILES string of the molecule is CC(C)(C)CCOCCC1CCCC1O. The fraction of sp³-hybridized carbons (Fsp3) is 1.00. The molecule has 0 amide bonds. The molecule has 1 rings (SSSR count). The van der Waals surface area contributed by atoms with Gasteiger partial charge in [0.1, 0.15) is 0 Å². The van der Waals surface area contributed by atoms with E-state index in [9.17, 15) is 5.11 Å². The van der Waals surface area contributed by atoms with Crippen molar-refractivity contribution in [1.29, 1.82) is 0 Å². The van der Waals surface area contributed by atoms with E-state index in [-0.39, 0.29) is 6.10 Å². The zero-order valence-electron chi connectivity index (χ0n) is 10.5. The third-order valence-corrected chi connectivity index (χ3v) is 3.25. The average molecular weight is 214 g/mol. The Bertz CT molecular complexity index is 172. The van der Waals surface area contributed by atoms with Crippen molar-refractivity contribution in [2.24, 2.45) is 11.3 Å². The van der Waals surface area contributed by atoms with Crippen LogP contribution in [0.2, 0.25) is 0 Å². The number of ether oxygens (including phenoxy) is 1. The van der Waals surface area contributed by atoms with Crippen LogP contribution in [0.1, 0.15) is 52.9 Å². The monoisotopic (exact) mass is 214 g/mol. The summed E-state index contributed by atoms with van der Waals surface area (Å²) in [6.45, 7) is 8.37. The van der Waals surface area contributed by atoms with Gasteiger partial charge in [-0.25, -0.2) is 0 Å². The number of aliphatic hydroxyl groups excluding tert-OH is 1. The first kappa shape index (κ1) is 13.0. The Hall–Kier alpha value is -0.0800. The quantitative estimate of drug-likeness (QED) is 0.713. The van der Waals surface area contributed by atoms with E-state index in [4.69, 9.17) is 4.74 Å². The Morgan fingerprint density at radius 1 is 1.20 bits per heavy atom. The predicted octanol–water partition coefficient (Wildman–Crippen LogP) is 2.99. The molecule has 1 aliphatic carbocycles. The molecule has 1 saturated carbocycles. The van der Waals surface area contributed by atoms with E-state index in [0.717, 1.165) is 32.5 Å². The largest absolute Gasteiger partial charge is 0.393 e. The second-order valence-electron chi connectivity index (χ2n) is 5.97. The molecule has 2 atom stereocenters. The van der Waals surface area contributed by atoms with Gasteiger partial charge in [-0.1, -0.05) is 27.2 Å². The highest BCUT2D eigenvalue weighted by Gasteiger charge is 2.24. The molecule has 1 fully saturated rings. The van der Waals surface area contributed by atoms with Crippen LogP contribution < -0.4 is 0 Å². The third-order valence-electron chi connectivity index (χ3n) is 3.25. The standard InChI is InChI=1S/C13H26O2/c1-13(2,3)8-10-15-9-7-11-5-4-6-12(11)14/h11-12,14H,4-10H2,1-3H3. The van der Waals surface area contributed by atoms with Crippen LogP contribution in [0.5, 0.6) is 0 Å². The lowest BCUT2D eigenvalue weighted by molar-refractivity contribution is 0.0702. The predicted molar refractivity (Wildman–Crippen MR) is 62.9 cm³/mol. The number of hydrogen-bond acceptors (Lipinski definition) is 2. The van der Waals surface area contributed by atoms with Gasteiger partial charge in [-0.05, 0) is 37.0 Å². The summed E-state index contributed by atoms with van der Waals surface area (Å²) in [6, 6.07) is 0. The van der Waals surface area contributed by atoms with Crippen LogP contribution in [0.3, 0.4) is 0 Å². The molecule has 2 heteroatoms. The Kier molecular flexibility index (Phi) is 5.07. The second-order valence-corrected chi connectivity index (χ2v) is 5.97. The van der Waals surface area contributed by atoms with Crippen LogP contribution in [0.4, 0.5) is 0 Å². The first-order valence-electron chi connectivity index (χ1n) is 6.25. The van der Waals surface area contributed by atoms with E-state index in [1.807, 2.05) is 0 Å². The van der Waals surface area contributed by atoms with Gasteiger partial charge in [-0.3, -0.25) is 0 Å². The lowest BCUT2D eigenvalue weighted by atomic mass is 9.93. The Labute approximate surface area is 94.0 Å². The molecule has 1 aliphatic rings. The van der Waals surface area contributed by atoms with E-state index in [0.29, 0.717) is 11.3 Å². The normalized spacial score (nSPS) is 27.2. The van der Waals surface area contributed by atoms with Gasteiger partial charge in [0, 0.05) is 13.2 Å². The van der Waals surface area contributed by atoms with Crippen LogP contribution in [0.25, 0.3) is 0 Å². The maximum Gasteiger partial charge on any atom is 0.0569 e. The van der Waals surface area contributed by atoms with E-state index in [2.05, 4.69) is 20.8 Å². The minimum atomic E-state index is -0.0591. The van der Waals surface area contributed by atoms with Crippen molar-refractivity contribution in [2.45, 2.75) is 59.0 Å². The maximum atomic E-state index is 9.62. The van der Waals surface area contributed by atoms with Crippen molar-refractivity contribution in [3.63, 3.8) is 0 Å². The van der Waals surface area contributed by atoms with Gasteiger partial charge in [0.2, 0.25) is 0 Å². The van der Waals surface area contributed by atoms with Crippen LogP contribution in [-0.4, -0.2) is 24.4 Å². The highest BCUT2D eigenvalue weighted by molar-refractivity contribution is 4.76. The highest BCUT2D eigenvalue weighted by Crippen LogP contribution is 2.28. The number of rotatable bonds is 5. The number of hydrogen-bond donors (Lipinski definition) is 1. The van der Waals surface area contributed by atoms with Crippen LogP contribution in [0, 0.1) is 11.3 Å². The molecule has 0 aliphatic heterocycles. The fourth-order valence-corrected chi connectivity index (χ4v) is 2.07. The van der Waals surface area contributed by atoms with Crippen molar-refractivity contribution < 1.29 is 9.84 Å². The Morgan fingerprint density at radius 3 is 2.47 bits per heavy atom. The summed E-state index contributed by atoms with van der Waals surface area (Å²) in [5.74, 6) is 0.500. The zero-order chi connectivity index (χ0) is 11.3. The molecule has 0 aromatic heterocycles. The summed E-state index contributed by atoms with van der Waals surface area (Å²) >= 11 is 0. The van der Waals surface area contributed by atoms with E-state index in [1.54, 1.807) is 0 Å². The lowest BCUT2D eigenvalue weighted by Gasteiger charge is -2.18. The zero-order valence-corrected chi connectivity index (χ0v) is 10.5. The first-order chi connectivity index (χ1) is 6.99. The van der Waals surface area contributed by atoms with Gasteiger partial charge in [0.05, 0.1) is 6.10 Å². The van der Waals surface area contributed by atoms with Crippen LogP contribution in [-0.2, 0) is 4.74 Å². The minimum Gasteiger partial charge on any atom is -0.393 e. The van der Waals surface area contributed by atoms with Gasteiger partial charge in [0.15, 0.2) is 0 Å². The molecule has 0 saturated heterocycles. The summed E-state index contributed by atoms with van der Waals surface area (Å²) in [5.41, 5.74) is 0.368. The van der Waals surface area contributed by atoms with Crippen LogP contribution >= 0.6 is 0 Å². The molecular formula is C13H26O2. The number of aliphatic hydroxyl groups is 1. The van der Waals surface area contributed by atoms with E-state index in [1.165, 1.54) is 12.8 Å². The smallest absolute Gasteiger partial charge is 0.0569 e. The van der Waals surface area contributed by atoms with Crippen molar-refractivity contribution in [3.05, 3.63) is 0 Å². The Balaban J connectivity index is 1.97. The molecule has 2 nitrogen and oxygen atoms in total. The van der Waals surface area contributed by atoms with E-state index < -0.39 is 0 Å². The van der Waals surface area contributed by atoms with Gasteiger partial charge in [-0.15, -0.1) is 0 Å². The topological polar surface area (TPSA) is 29.5 Å². The van der Waals surface area contributed by atoms with Crippen molar-refractivity contribution in [1.82, 2.24) is 0 Å². The molecule has 0 bridgehead atoms. The molecule has 2 unspecified atom stereocenters. The van der Waals surface area contributed by atoms with Gasteiger partial charge in [0.25, 0.3) is 0 Å². The maximum absolute atomic E-state index is 9.62. The molecule has 90 valence electrons. The highest BCUT2D eigenvalue weighted by atomic mass is 16.5. The molecule has 0 heterocycles. The molecule has 0 spiro atoms. The average Bonchev–Trinajstić information content (AvgIpc) is 2.49. The van der Waals surface area contributed by atoms with Crippen molar-refractivity contribution >= 4 is 0 Å². The summed E-state index contributed by atoms with van der Waals surface area (Å²) < 4.78 is 5.61. The van der Waals surface area contributed by atoms with Gasteiger partial charge in [-0.2, -0.15) is 0 Å². The molecule has 0 aromatic carbocycles. The molecule has 1 N–H and O–H groups in total. The summed E-state index contributed by atoms with van der Waals surface area (Å²) in [5, 5.41) is 9.62. The fourth-order valence-electron chi connectivity index (χ4n) is 2.07. The second kappa shape index (κ2) is 5.86. The molecule has 0 radical (unpaired) electrons. The van der Waals surface area contributed by atoms with E-state index >= 15 is 0 Å². The first-order valence-corrected chi connectivity index (χ1v) is 6.25. The van der Waals surface area contributed by atoms with Gasteiger partial charge < -0.3 is 9.84 Å². The minimum absolute atomic E-state index is 0.0591. The van der Waals surface area contributed by atoms with Crippen LogP contribution in [0.15, 0.2) is 0 Å². The molecule has 15 heavy (non-hydrogen) atoms. The van der Waals surface area contributed by atoms with Gasteiger partial charge >= 0.3 is 0 Å². The lowest BCUT2D eigenvalue weighted by Crippen LogP contribution is -2.16. The van der Waals surface area contributed by atoms with Crippen molar-refractivity contribution in [2.75, 3.05) is 13.2 Å². The Morgan fingerprint density at radius 2 is 1.93 bits per heavy atom.